The van der Waals surface area contributed by atoms with E-state index in [1.807, 2.05) is 0 Å². The predicted molar refractivity (Wildman–Crippen MR) is 105 cm³/mol. The smallest absolute Gasteiger partial charge is 0.337 e. The SMILES string of the molecule is COC(=O)c1ccc(C(=O)c2cccc(N3C(=O)c4ccccc4C3=O)c2)cc1. The fourth-order valence-electron chi connectivity index (χ4n) is 3.25. The van der Waals surface area contributed by atoms with Crippen LogP contribution in [-0.4, -0.2) is 30.7 Å². The van der Waals surface area contributed by atoms with Crippen LogP contribution >= 0.6 is 0 Å². The molecule has 3 aromatic rings. The number of amides is 2. The van der Waals surface area contributed by atoms with Crippen molar-refractivity contribution in [3.05, 3.63) is 101 Å². The maximum Gasteiger partial charge on any atom is 0.337 e. The van der Waals surface area contributed by atoms with E-state index in [0.717, 1.165) is 4.90 Å². The van der Waals surface area contributed by atoms with Gasteiger partial charge in [-0.1, -0.05) is 36.4 Å². The number of benzene rings is 3. The van der Waals surface area contributed by atoms with Crippen LogP contribution in [0.3, 0.4) is 0 Å². The van der Waals surface area contributed by atoms with Gasteiger partial charge < -0.3 is 4.74 Å². The predicted octanol–water partition coefficient (Wildman–Crippen LogP) is 3.50. The van der Waals surface area contributed by atoms with Crippen molar-refractivity contribution in [2.24, 2.45) is 0 Å². The number of hydrogen-bond donors (Lipinski definition) is 0. The minimum atomic E-state index is -0.489. The first kappa shape index (κ1) is 18.3. The monoisotopic (exact) mass is 385 g/mol. The van der Waals surface area contributed by atoms with Crippen LogP contribution in [0.4, 0.5) is 5.69 Å². The minimum absolute atomic E-state index is 0.292. The van der Waals surface area contributed by atoms with Gasteiger partial charge in [-0.05, 0) is 36.4 Å². The normalized spacial score (nSPS) is 12.7. The highest BCUT2D eigenvalue weighted by Gasteiger charge is 2.36. The van der Waals surface area contributed by atoms with E-state index in [1.165, 1.54) is 37.4 Å². The third-order valence-electron chi connectivity index (χ3n) is 4.73. The van der Waals surface area contributed by atoms with Gasteiger partial charge in [0.15, 0.2) is 5.78 Å². The molecule has 0 fully saturated rings. The number of ketones is 1. The summed E-state index contributed by atoms with van der Waals surface area (Å²) in [5.74, 6) is -1.62. The number of ether oxygens (including phenoxy) is 1. The van der Waals surface area contributed by atoms with Gasteiger partial charge >= 0.3 is 5.97 Å². The Kier molecular flexibility index (Phi) is 4.52. The second-order valence-electron chi connectivity index (χ2n) is 6.44. The number of esters is 1. The Morgan fingerprint density at radius 1 is 0.724 bits per heavy atom. The molecule has 142 valence electrons. The van der Waals surface area contributed by atoms with Gasteiger partial charge in [-0.15, -0.1) is 0 Å². The van der Waals surface area contributed by atoms with Gasteiger partial charge in [0, 0.05) is 11.1 Å². The molecule has 1 aliphatic heterocycles. The maximum absolute atomic E-state index is 12.8. The number of nitrogens with zero attached hydrogens (tertiary/aromatic N) is 1. The van der Waals surface area contributed by atoms with E-state index >= 15 is 0 Å². The zero-order valence-corrected chi connectivity index (χ0v) is 15.4. The van der Waals surface area contributed by atoms with Gasteiger partial charge in [0.1, 0.15) is 0 Å². The van der Waals surface area contributed by atoms with E-state index in [4.69, 9.17) is 0 Å². The highest BCUT2D eigenvalue weighted by molar-refractivity contribution is 6.34. The Balaban J connectivity index is 1.65. The van der Waals surface area contributed by atoms with Gasteiger partial charge in [0.2, 0.25) is 0 Å². The van der Waals surface area contributed by atoms with E-state index in [0.29, 0.717) is 33.5 Å². The van der Waals surface area contributed by atoms with Crippen LogP contribution in [0, 0.1) is 0 Å². The number of rotatable bonds is 4. The minimum Gasteiger partial charge on any atom is -0.465 e. The van der Waals surface area contributed by atoms with Gasteiger partial charge in [-0.25, -0.2) is 9.69 Å². The number of carbonyl (C=O) groups excluding carboxylic acids is 4. The third kappa shape index (κ3) is 3.10. The lowest BCUT2D eigenvalue weighted by molar-refractivity contribution is 0.0600. The Morgan fingerprint density at radius 3 is 1.90 bits per heavy atom. The van der Waals surface area contributed by atoms with Gasteiger partial charge in [-0.3, -0.25) is 14.4 Å². The number of carbonyl (C=O) groups is 4. The fraction of sp³-hybridized carbons (Fsp3) is 0.0435. The van der Waals surface area contributed by atoms with Crippen molar-refractivity contribution in [1.29, 1.82) is 0 Å². The van der Waals surface area contributed by atoms with Gasteiger partial charge in [0.05, 0.1) is 29.5 Å². The number of fused-ring (bicyclic) bond motifs is 1. The summed E-state index contributed by atoms with van der Waals surface area (Å²) in [6.45, 7) is 0. The van der Waals surface area contributed by atoms with Crippen molar-refractivity contribution in [1.82, 2.24) is 0 Å². The summed E-state index contributed by atoms with van der Waals surface area (Å²) in [6.07, 6.45) is 0. The second kappa shape index (κ2) is 7.16. The highest BCUT2D eigenvalue weighted by atomic mass is 16.5. The molecular formula is C23H15NO5. The number of hydrogen-bond acceptors (Lipinski definition) is 5. The molecule has 3 aromatic carbocycles. The second-order valence-corrected chi connectivity index (χ2v) is 6.44. The van der Waals surface area contributed by atoms with Crippen molar-refractivity contribution >= 4 is 29.3 Å². The molecule has 0 aromatic heterocycles. The lowest BCUT2D eigenvalue weighted by Gasteiger charge is -2.15. The first-order valence-electron chi connectivity index (χ1n) is 8.82. The average molecular weight is 385 g/mol. The molecule has 0 aliphatic carbocycles. The molecule has 1 aliphatic rings. The molecule has 0 atom stereocenters. The third-order valence-corrected chi connectivity index (χ3v) is 4.73. The average Bonchev–Trinajstić information content (AvgIpc) is 3.03. The van der Waals surface area contributed by atoms with Crippen LogP contribution in [-0.2, 0) is 4.74 Å². The topological polar surface area (TPSA) is 80.8 Å². The summed E-state index contributed by atoms with van der Waals surface area (Å²) in [5.41, 5.74) is 2.04. The van der Waals surface area contributed by atoms with Crippen LogP contribution in [0.2, 0.25) is 0 Å². The Bertz CT molecular complexity index is 1130. The summed E-state index contributed by atoms with van der Waals surface area (Å²) in [4.78, 5) is 50.8. The molecule has 0 saturated heterocycles. The van der Waals surface area contributed by atoms with Crippen molar-refractivity contribution in [3.8, 4) is 0 Å². The number of anilines is 1. The van der Waals surface area contributed by atoms with Gasteiger partial charge in [0.25, 0.3) is 11.8 Å². The molecule has 0 N–H and O–H groups in total. The molecule has 0 spiro atoms. The first-order valence-corrected chi connectivity index (χ1v) is 8.82. The number of methoxy groups -OCH3 is 1. The zero-order chi connectivity index (χ0) is 20.5. The van der Waals surface area contributed by atoms with E-state index < -0.39 is 17.8 Å². The molecule has 2 amide bonds. The molecule has 0 unspecified atom stereocenters. The molecule has 0 saturated carbocycles. The summed E-state index contributed by atoms with van der Waals surface area (Å²) in [5, 5.41) is 0. The van der Waals surface area contributed by atoms with Crippen LogP contribution in [0.25, 0.3) is 0 Å². The molecule has 4 rings (SSSR count). The molecule has 29 heavy (non-hydrogen) atoms. The zero-order valence-electron chi connectivity index (χ0n) is 15.4. The Morgan fingerprint density at radius 2 is 1.31 bits per heavy atom. The molecule has 0 bridgehead atoms. The Labute approximate surface area is 166 Å². The van der Waals surface area contributed by atoms with Gasteiger partial charge in [-0.2, -0.15) is 0 Å². The summed E-state index contributed by atoms with van der Waals surface area (Å²) in [7, 11) is 1.28. The first-order chi connectivity index (χ1) is 14.0. The van der Waals surface area contributed by atoms with E-state index in [-0.39, 0.29) is 5.78 Å². The molecule has 0 radical (unpaired) electrons. The summed E-state index contributed by atoms with van der Waals surface area (Å²) >= 11 is 0. The quantitative estimate of drug-likeness (QED) is 0.390. The van der Waals surface area contributed by atoms with Crippen molar-refractivity contribution in [2.45, 2.75) is 0 Å². The van der Waals surface area contributed by atoms with Crippen LogP contribution in [0.5, 0.6) is 0 Å². The maximum atomic E-state index is 12.8. The van der Waals surface area contributed by atoms with Crippen molar-refractivity contribution < 1.29 is 23.9 Å². The lowest BCUT2D eigenvalue weighted by Crippen LogP contribution is -2.29. The standard InChI is InChI=1S/C23H15NO5/c1-29-23(28)15-11-9-14(10-12-15)20(25)16-5-4-6-17(13-16)24-21(26)18-7-2-3-8-19(18)22(24)27/h2-13H,1H3. The van der Waals surface area contributed by atoms with E-state index in [9.17, 15) is 19.2 Å². The van der Waals surface area contributed by atoms with Crippen LogP contribution < -0.4 is 4.90 Å². The van der Waals surface area contributed by atoms with Crippen molar-refractivity contribution in [3.63, 3.8) is 0 Å². The molecular weight excluding hydrogens is 370 g/mol. The summed E-state index contributed by atoms with van der Waals surface area (Å²) in [6, 6.07) is 19.0. The highest BCUT2D eigenvalue weighted by Crippen LogP contribution is 2.29. The molecule has 6 heteroatoms. The molecule has 1 heterocycles. The van der Waals surface area contributed by atoms with Crippen molar-refractivity contribution in [2.75, 3.05) is 12.0 Å². The lowest BCUT2D eigenvalue weighted by atomic mass is 10.0. The van der Waals surface area contributed by atoms with Crippen LogP contribution in [0.1, 0.15) is 47.0 Å². The number of imide groups is 1. The van der Waals surface area contributed by atoms with E-state index in [1.54, 1.807) is 42.5 Å². The summed E-state index contributed by atoms with van der Waals surface area (Å²) < 4.78 is 4.65. The Hall–Kier alpha value is -4.06. The molecule has 6 nitrogen and oxygen atoms in total. The largest absolute Gasteiger partial charge is 0.465 e. The fourth-order valence-corrected chi connectivity index (χ4v) is 3.25. The van der Waals surface area contributed by atoms with E-state index in [2.05, 4.69) is 4.74 Å². The van der Waals surface area contributed by atoms with Crippen LogP contribution in [0.15, 0.2) is 72.8 Å².